The monoisotopic (exact) mass is 235 g/mol. The van der Waals surface area contributed by atoms with Crippen molar-refractivity contribution in [3.63, 3.8) is 0 Å². The van der Waals surface area contributed by atoms with Crippen LogP contribution >= 0.6 is 0 Å². The van der Waals surface area contributed by atoms with Gasteiger partial charge in [-0.3, -0.25) is 0 Å². The first kappa shape index (κ1) is 11.3. The van der Waals surface area contributed by atoms with E-state index in [2.05, 4.69) is 10.1 Å². The molecule has 88 valence electrons. The van der Waals surface area contributed by atoms with Crippen molar-refractivity contribution in [2.45, 2.75) is 13.8 Å². The molecule has 1 heterocycles. The van der Waals surface area contributed by atoms with Crippen LogP contribution in [0.2, 0.25) is 0 Å². The summed E-state index contributed by atoms with van der Waals surface area (Å²) in [6.07, 6.45) is 0. The number of aromatic carboxylic acids is 1. The van der Waals surface area contributed by atoms with Gasteiger partial charge in [0.15, 0.2) is 0 Å². The number of hydrogen-bond donors (Lipinski definition) is 1. The molecule has 1 aromatic heterocycles. The lowest BCUT2D eigenvalue weighted by Crippen LogP contribution is -2.04. The van der Waals surface area contributed by atoms with Crippen LogP contribution < -0.4 is 0 Å². The van der Waals surface area contributed by atoms with E-state index in [1.54, 1.807) is 19.9 Å². The van der Waals surface area contributed by atoms with Crippen LogP contribution in [0.25, 0.3) is 5.69 Å². The maximum absolute atomic E-state index is 13.7. The SMILES string of the molecule is Cc1ccc(-n2nc(C(=O)O)nc2C)c(F)c1. The van der Waals surface area contributed by atoms with Gasteiger partial charge >= 0.3 is 5.97 Å². The predicted molar refractivity (Wildman–Crippen MR) is 57.8 cm³/mol. The van der Waals surface area contributed by atoms with Crippen molar-refractivity contribution < 1.29 is 14.3 Å². The summed E-state index contributed by atoms with van der Waals surface area (Å²) in [5, 5.41) is 12.5. The van der Waals surface area contributed by atoms with Crippen molar-refractivity contribution in [2.75, 3.05) is 0 Å². The van der Waals surface area contributed by atoms with E-state index in [1.807, 2.05) is 0 Å². The highest BCUT2D eigenvalue weighted by Gasteiger charge is 2.15. The summed E-state index contributed by atoms with van der Waals surface area (Å²) in [5.41, 5.74) is 0.968. The Morgan fingerprint density at radius 2 is 2.12 bits per heavy atom. The van der Waals surface area contributed by atoms with Crippen molar-refractivity contribution in [3.05, 3.63) is 41.2 Å². The number of carboxylic acid groups (broad SMARTS) is 1. The fourth-order valence-corrected chi connectivity index (χ4v) is 1.49. The molecule has 0 fully saturated rings. The highest BCUT2D eigenvalue weighted by molar-refractivity contribution is 5.83. The van der Waals surface area contributed by atoms with Crippen molar-refractivity contribution in [1.82, 2.24) is 14.8 Å². The van der Waals surface area contributed by atoms with Gasteiger partial charge in [-0.2, -0.15) is 0 Å². The molecule has 1 aromatic carbocycles. The van der Waals surface area contributed by atoms with Crippen LogP contribution in [0, 0.1) is 19.7 Å². The number of aromatic nitrogens is 3. The van der Waals surface area contributed by atoms with Gasteiger partial charge in [-0.05, 0) is 31.5 Å². The average Bonchev–Trinajstić information content (AvgIpc) is 2.61. The molecule has 5 nitrogen and oxygen atoms in total. The minimum atomic E-state index is -1.24. The van der Waals surface area contributed by atoms with E-state index in [0.29, 0.717) is 5.82 Å². The van der Waals surface area contributed by atoms with E-state index < -0.39 is 11.8 Å². The number of nitrogens with zero attached hydrogens (tertiary/aromatic N) is 3. The van der Waals surface area contributed by atoms with Crippen molar-refractivity contribution in [3.8, 4) is 5.69 Å². The molecule has 2 aromatic rings. The zero-order valence-electron chi connectivity index (χ0n) is 9.31. The van der Waals surface area contributed by atoms with E-state index in [4.69, 9.17) is 5.11 Å². The van der Waals surface area contributed by atoms with E-state index in [0.717, 1.165) is 5.56 Å². The third-order valence-corrected chi connectivity index (χ3v) is 2.29. The molecule has 0 aliphatic carbocycles. The molecule has 0 aliphatic heterocycles. The summed E-state index contributed by atoms with van der Waals surface area (Å²) in [6, 6.07) is 4.62. The highest BCUT2D eigenvalue weighted by atomic mass is 19.1. The maximum Gasteiger partial charge on any atom is 0.375 e. The maximum atomic E-state index is 13.7. The molecule has 0 radical (unpaired) electrons. The zero-order valence-corrected chi connectivity index (χ0v) is 9.31. The van der Waals surface area contributed by atoms with E-state index in [1.165, 1.54) is 16.8 Å². The molecule has 0 amide bonds. The number of benzene rings is 1. The van der Waals surface area contributed by atoms with E-state index >= 15 is 0 Å². The number of carboxylic acids is 1. The van der Waals surface area contributed by atoms with Crippen LogP contribution in [-0.4, -0.2) is 25.8 Å². The molecule has 2 rings (SSSR count). The Morgan fingerprint density at radius 1 is 1.41 bits per heavy atom. The number of hydrogen-bond acceptors (Lipinski definition) is 3. The minimum Gasteiger partial charge on any atom is -0.475 e. The van der Waals surface area contributed by atoms with Crippen LogP contribution in [0.5, 0.6) is 0 Å². The molecule has 0 unspecified atom stereocenters. The molecule has 6 heteroatoms. The second kappa shape index (κ2) is 3.97. The topological polar surface area (TPSA) is 68.0 Å². The summed E-state index contributed by atoms with van der Waals surface area (Å²) >= 11 is 0. The number of rotatable bonds is 2. The summed E-state index contributed by atoms with van der Waals surface area (Å²) in [4.78, 5) is 14.4. The van der Waals surface area contributed by atoms with Gasteiger partial charge in [0.2, 0.25) is 0 Å². The smallest absolute Gasteiger partial charge is 0.375 e. The average molecular weight is 235 g/mol. The standard InChI is InChI=1S/C11H10FN3O2/c1-6-3-4-9(8(12)5-6)15-7(2)13-10(14-15)11(16)17/h3-5H,1-2H3,(H,16,17). The first-order valence-electron chi connectivity index (χ1n) is 4.92. The Hall–Kier alpha value is -2.24. The van der Waals surface area contributed by atoms with Crippen LogP contribution in [0.4, 0.5) is 4.39 Å². The Kier molecular flexibility index (Phi) is 2.63. The predicted octanol–water partition coefficient (Wildman–Crippen LogP) is 1.72. The lowest BCUT2D eigenvalue weighted by molar-refractivity contribution is 0.0683. The Balaban J connectivity index is 2.56. The second-order valence-corrected chi connectivity index (χ2v) is 3.65. The van der Waals surface area contributed by atoms with Gasteiger partial charge in [0.25, 0.3) is 5.82 Å². The summed E-state index contributed by atoms with van der Waals surface area (Å²) < 4.78 is 14.9. The Bertz CT molecular complexity index is 592. The molecule has 0 spiro atoms. The molecule has 0 saturated carbocycles. The third-order valence-electron chi connectivity index (χ3n) is 2.29. The molecule has 0 bridgehead atoms. The first-order chi connectivity index (χ1) is 7.99. The zero-order chi connectivity index (χ0) is 12.6. The van der Waals surface area contributed by atoms with E-state index in [-0.39, 0.29) is 11.5 Å². The van der Waals surface area contributed by atoms with Gasteiger partial charge in [0.1, 0.15) is 17.3 Å². The van der Waals surface area contributed by atoms with Gasteiger partial charge in [-0.1, -0.05) is 6.07 Å². The molecule has 0 aliphatic rings. The fourth-order valence-electron chi connectivity index (χ4n) is 1.49. The lowest BCUT2D eigenvalue weighted by atomic mass is 10.2. The van der Waals surface area contributed by atoms with Crippen molar-refractivity contribution >= 4 is 5.97 Å². The van der Waals surface area contributed by atoms with Gasteiger partial charge < -0.3 is 5.11 Å². The van der Waals surface area contributed by atoms with Gasteiger partial charge in [0.05, 0.1) is 0 Å². The fraction of sp³-hybridized carbons (Fsp3) is 0.182. The molecule has 0 atom stereocenters. The van der Waals surface area contributed by atoms with Crippen LogP contribution in [0.3, 0.4) is 0 Å². The van der Waals surface area contributed by atoms with Crippen LogP contribution in [0.1, 0.15) is 22.0 Å². The van der Waals surface area contributed by atoms with Gasteiger partial charge in [-0.15, -0.1) is 5.10 Å². The first-order valence-corrected chi connectivity index (χ1v) is 4.92. The molecule has 17 heavy (non-hydrogen) atoms. The second-order valence-electron chi connectivity index (χ2n) is 3.65. The van der Waals surface area contributed by atoms with Crippen LogP contribution in [0.15, 0.2) is 18.2 Å². The van der Waals surface area contributed by atoms with E-state index in [9.17, 15) is 9.18 Å². The molecular formula is C11H10FN3O2. The lowest BCUT2D eigenvalue weighted by Gasteiger charge is -2.04. The molecule has 1 N–H and O–H groups in total. The Morgan fingerprint density at radius 3 is 2.65 bits per heavy atom. The number of aryl methyl sites for hydroxylation is 2. The minimum absolute atomic E-state index is 0.188. The third kappa shape index (κ3) is 2.01. The molecular weight excluding hydrogens is 225 g/mol. The van der Waals surface area contributed by atoms with Crippen LogP contribution in [-0.2, 0) is 0 Å². The number of carbonyl (C=O) groups is 1. The van der Waals surface area contributed by atoms with Crippen molar-refractivity contribution in [2.24, 2.45) is 0 Å². The Labute approximate surface area is 96.5 Å². The number of halogens is 1. The highest BCUT2D eigenvalue weighted by Crippen LogP contribution is 2.15. The molecule has 0 saturated heterocycles. The summed E-state index contributed by atoms with van der Waals surface area (Å²) in [7, 11) is 0. The summed E-state index contributed by atoms with van der Waals surface area (Å²) in [5.74, 6) is -1.72. The largest absolute Gasteiger partial charge is 0.475 e. The summed E-state index contributed by atoms with van der Waals surface area (Å²) in [6.45, 7) is 3.34. The quantitative estimate of drug-likeness (QED) is 0.860. The van der Waals surface area contributed by atoms with Crippen molar-refractivity contribution in [1.29, 1.82) is 0 Å². The normalized spacial score (nSPS) is 10.5. The van der Waals surface area contributed by atoms with Gasteiger partial charge in [0, 0.05) is 0 Å². The van der Waals surface area contributed by atoms with Gasteiger partial charge in [-0.25, -0.2) is 18.9 Å².